The molecule has 186 valence electrons. The summed E-state index contributed by atoms with van der Waals surface area (Å²) in [6.07, 6.45) is 5.34. The van der Waals surface area contributed by atoms with E-state index in [2.05, 4.69) is 4.98 Å². The summed E-state index contributed by atoms with van der Waals surface area (Å²) >= 11 is 0. The Bertz CT molecular complexity index is 1200. The number of pyridine rings is 1. The van der Waals surface area contributed by atoms with E-state index in [4.69, 9.17) is 14.2 Å². The Balaban J connectivity index is 1.74. The Hall–Kier alpha value is -4.46. The van der Waals surface area contributed by atoms with Crippen molar-refractivity contribution in [3.05, 3.63) is 89.7 Å². The van der Waals surface area contributed by atoms with Crippen LogP contribution in [0.2, 0.25) is 0 Å². The van der Waals surface area contributed by atoms with Gasteiger partial charge in [0.15, 0.2) is 5.92 Å². The van der Waals surface area contributed by atoms with E-state index < -0.39 is 17.9 Å². The van der Waals surface area contributed by atoms with Crippen LogP contribution >= 0.6 is 0 Å². The molecule has 0 aliphatic carbocycles. The number of rotatable bonds is 9. The molecule has 0 aliphatic heterocycles. The zero-order valence-corrected chi connectivity index (χ0v) is 20.6. The van der Waals surface area contributed by atoms with Crippen LogP contribution < -0.4 is 4.74 Å². The van der Waals surface area contributed by atoms with Gasteiger partial charge in [-0.2, -0.15) is 0 Å². The average molecular weight is 489 g/mol. The van der Waals surface area contributed by atoms with Crippen molar-refractivity contribution in [2.24, 2.45) is 5.92 Å². The Labute approximate surface area is 210 Å². The number of hydrogen-bond donors (Lipinski definition) is 0. The van der Waals surface area contributed by atoms with Crippen molar-refractivity contribution >= 4 is 29.5 Å². The highest BCUT2D eigenvalue weighted by Gasteiger charge is 2.28. The van der Waals surface area contributed by atoms with Crippen LogP contribution in [0.25, 0.3) is 11.6 Å². The molecular weight excluding hydrogens is 460 g/mol. The van der Waals surface area contributed by atoms with Gasteiger partial charge in [0.1, 0.15) is 11.5 Å². The van der Waals surface area contributed by atoms with Crippen molar-refractivity contribution in [2.75, 3.05) is 28.3 Å². The highest BCUT2D eigenvalue weighted by molar-refractivity contribution is 6.24. The molecule has 1 aromatic heterocycles. The number of carbonyl (C=O) groups is 3. The second-order valence-electron chi connectivity index (χ2n) is 8.12. The molecule has 2 aromatic carbocycles. The van der Waals surface area contributed by atoms with Gasteiger partial charge in [-0.3, -0.25) is 19.4 Å². The Morgan fingerprint density at radius 3 is 1.97 bits per heavy atom. The van der Waals surface area contributed by atoms with Crippen LogP contribution in [0.1, 0.15) is 16.7 Å². The van der Waals surface area contributed by atoms with Crippen molar-refractivity contribution in [3.8, 4) is 11.5 Å². The van der Waals surface area contributed by atoms with Crippen molar-refractivity contribution in [2.45, 2.75) is 6.42 Å². The fourth-order valence-corrected chi connectivity index (χ4v) is 3.45. The lowest BCUT2D eigenvalue weighted by Crippen LogP contribution is -2.28. The lowest BCUT2D eigenvalue weighted by molar-refractivity contribution is -0.158. The molecule has 0 unspecified atom stereocenters. The summed E-state index contributed by atoms with van der Waals surface area (Å²) in [4.78, 5) is 42.2. The van der Waals surface area contributed by atoms with E-state index in [9.17, 15) is 14.4 Å². The first-order valence-corrected chi connectivity index (χ1v) is 11.2. The summed E-state index contributed by atoms with van der Waals surface area (Å²) in [6.45, 7) is 0. The number of nitrogens with zero attached hydrogens (tertiary/aromatic N) is 2. The highest BCUT2D eigenvalue weighted by Crippen LogP contribution is 2.26. The lowest BCUT2D eigenvalue weighted by Gasteiger charge is -2.15. The first-order chi connectivity index (χ1) is 17.3. The molecule has 0 N–H and O–H groups in total. The van der Waals surface area contributed by atoms with E-state index in [-0.39, 0.29) is 12.3 Å². The molecule has 3 aromatic rings. The van der Waals surface area contributed by atoms with Gasteiger partial charge < -0.3 is 19.1 Å². The normalized spacial score (nSPS) is 11.1. The fraction of sp³-hybridized carbons (Fsp3) is 0.214. The number of benzene rings is 2. The van der Waals surface area contributed by atoms with Crippen LogP contribution in [0.3, 0.4) is 0 Å². The maximum absolute atomic E-state index is 12.8. The van der Waals surface area contributed by atoms with Gasteiger partial charge in [0.2, 0.25) is 0 Å². The zero-order chi connectivity index (χ0) is 26.1. The third-order valence-electron chi connectivity index (χ3n) is 5.37. The first kappa shape index (κ1) is 26.2. The topological polar surface area (TPSA) is 95.0 Å². The summed E-state index contributed by atoms with van der Waals surface area (Å²) < 4.78 is 15.3. The molecule has 1 amide bonds. The van der Waals surface area contributed by atoms with Crippen molar-refractivity contribution < 1.29 is 28.6 Å². The molecule has 1 heterocycles. The third-order valence-corrected chi connectivity index (χ3v) is 5.37. The van der Waals surface area contributed by atoms with Crippen LogP contribution in [0.5, 0.6) is 11.5 Å². The van der Waals surface area contributed by atoms with E-state index in [1.54, 1.807) is 69.0 Å². The number of hydrogen-bond acceptors (Lipinski definition) is 7. The van der Waals surface area contributed by atoms with Crippen LogP contribution in [-0.2, 0) is 30.3 Å². The summed E-state index contributed by atoms with van der Waals surface area (Å²) in [6, 6.07) is 18.0. The van der Waals surface area contributed by atoms with Crippen molar-refractivity contribution in [1.29, 1.82) is 0 Å². The second-order valence-corrected chi connectivity index (χ2v) is 8.12. The molecule has 0 fully saturated rings. The molecule has 36 heavy (non-hydrogen) atoms. The third kappa shape index (κ3) is 6.79. The van der Waals surface area contributed by atoms with E-state index >= 15 is 0 Å². The predicted octanol–water partition coefficient (Wildman–Crippen LogP) is 4.01. The largest absolute Gasteiger partial charge is 0.468 e. The molecule has 0 atom stereocenters. The van der Waals surface area contributed by atoms with Gasteiger partial charge in [0, 0.05) is 32.1 Å². The maximum Gasteiger partial charge on any atom is 0.320 e. The van der Waals surface area contributed by atoms with Crippen LogP contribution in [0.15, 0.2) is 73.1 Å². The Morgan fingerprint density at radius 1 is 0.889 bits per heavy atom. The number of amides is 1. The predicted molar refractivity (Wildman–Crippen MR) is 135 cm³/mol. The summed E-state index contributed by atoms with van der Waals surface area (Å²) in [7, 11) is 5.88. The molecule has 8 nitrogen and oxygen atoms in total. The minimum Gasteiger partial charge on any atom is -0.468 e. The molecule has 3 rings (SSSR count). The van der Waals surface area contributed by atoms with Gasteiger partial charge in [-0.05, 0) is 59.5 Å². The van der Waals surface area contributed by atoms with Gasteiger partial charge in [0.25, 0.3) is 5.91 Å². The molecule has 0 radical (unpaired) electrons. The molecule has 0 aliphatic rings. The van der Waals surface area contributed by atoms with Crippen molar-refractivity contribution in [1.82, 2.24) is 9.88 Å². The van der Waals surface area contributed by atoms with Gasteiger partial charge in [-0.1, -0.05) is 30.3 Å². The lowest BCUT2D eigenvalue weighted by atomic mass is 9.99. The van der Waals surface area contributed by atoms with Gasteiger partial charge in [-0.25, -0.2) is 0 Å². The number of esters is 2. The minimum atomic E-state index is -1.03. The molecular formula is C28H28N2O6. The fourth-order valence-electron chi connectivity index (χ4n) is 3.45. The van der Waals surface area contributed by atoms with Crippen molar-refractivity contribution in [3.63, 3.8) is 0 Å². The molecule has 0 spiro atoms. The van der Waals surface area contributed by atoms with E-state index in [0.717, 1.165) is 16.7 Å². The number of aromatic nitrogens is 1. The van der Waals surface area contributed by atoms with E-state index in [1.807, 2.05) is 24.3 Å². The highest BCUT2D eigenvalue weighted by atomic mass is 16.5. The van der Waals surface area contributed by atoms with E-state index in [1.165, 1.54) is 19.1 Å². The van der Waals surface area contributed by atoms with Gasteiger partial charge in [0.05, 0.1) is 14.2 Å². The zero-order valence-electron chi connectivity index (χ0n) is 20.6. The Morgan fingerprint density at radius 2 is 1.47 bits per heavy atom. The SMILES string of the molecule is COC(=O)C(Cc1ccc(Oc2ccc(C(=Cc3cccnc3)C(=O)N(C)C)cc2)cc1)C(=O)OC. The number of methoxy groups -OCH3 is 2. The first-order valence-electron chi connectivity index (χ1n) is 11.2. The summed E-state index contributed by atoms with van der Waals surface area (Å²) in [5.41, 5.74) is 2.86. The quantitative estimate of drug-likeness (QED) is 0.255. The molecule has 0 bridgehead atoms. The van der Waals surface area contributed by atoms with E-state index in [0.29, 0.717) is 17.1 Å². The second kappa shape index (κ2) is 12.3. The number of likely N-dealkylation sites (N-methyl/N-ethyl adjacent to an activating group) is 1. The maximum atomic E-state index is 12.8. The number of ether oxygens (including phenoxy) is 3. The van der Waals surface area contributed by atoms with Crippen LogP contribution in [-0.4, -0.2) is 56.0 Å². The summed E-state index contributed by atoms with van der Waals surface area (Å²) in [5, 5.41) is 0. The monoisotopic (exact) mass is 488 g/mol. The molecule has 8 heteroatoms. The smallest absolute Gasteiger partial charge is 0.320 e. The molecule has 0 saturated carbocycles. The van der Waals surface area contributed by atoms with Gasteiger partial charge >= 0.3 is 11.9 Å². The average Bonchev–Trinajstić information content (AvgIpc) is 2.91. The van der Waals surface area contributed by atoms with Crippen LogP contribution in [0, 0.1) is 5.92 Å². The standard InChI is InChI=1S/C28H28N2O6/c1-30(2)26(31)24(17-20-6-5-15-29-18-20)21-9-13-23(14-10-21)36-22-11-7-19(8-12-22)16-25(27(32)34-3)28(33)35-4/h5-15,17-18,25H,16H2,1-4H3. The minimum absolute atomic E-state index is 0.125. The summed E-state index contributed by atoms with van der Waals surface area (Å²) in [5.74, 6) is -1.28. The molecule has 0 saturated heterocycles. The van der Waals surface area contributed by atoms with Gasteiger partial charge in [-0.15, -0.1) is 0 Å². The van der Waals surface area contributed by atoms with Crippen LogP contribution in [0.4, 0.5) is 0 Å². The Kier molecular flexibility index (Phi) is 8.94. The number of carbonyl (C=O) groups excluding carboxylic acids is 3.